The molecule has 1 N–H and O–H groups in total. The number of aliphatic hydroxyl groups excluding tert-OH is 1. The third kappa shape index (κ3) is 3.35. The van der Waals surface area contributed by atoms with E-state index >= 15 is 0 Å². The van der Waals surface area contributed by atoms with Crippen molar-refractivity contribution in [3.8, 4) is 0 Å². The van der Waals surface area contributed by atoms with Crippen molar-refractivity contribution >= 4 is 0 Å². The maximum atomic E-state index is 10.6. The van der Waals surface area contributed by atoms with Gasteiger partial charge >= 0.3 is 0 Å². The zero-order chi connectivity index (χ0) is 13.9. The van der Waals surface area contributed by atoms with E-state index in [-0.39, 0.29) is 11.5 Å². The third-order valence-corrected chi connectivity index (χ3v) is 4.58. The second kappa shape index (κ2) is 6.04. The van der Waals surface area contributed by atoms with Crippen molar-refractivity contribution in [2.45, 2.75) is 71.9 Å². The average Bonchev–Trinajstić information content (AvgIpc) is 2.76. The Morgan fingerprint density at radius 1 is 1.47 bits per heavy atom. The number of hydrogen-bond donors (Lipinski definition) is 1. The molecule has 0 radical (unpaired) electrons. The first-order chi connectivity index (χ1) is 9.04. The summed E-state index contributed by atoms with van der Waals surface area (Å²) in [5.74, 6) is 1.31. The molecule has 108 valence electrons. The van der Waals surface area contributed by atoms with Gasteiger partial charge in [0.15, 0.2) is 0 Å². The molecule has 19 heavy (non-hydrogen) atoms. The van der Waals surface area contributed by atoms with Gasteiger partial charge in [-0.2, -0.15) is 5.10 Å². The molecule has 2 unspecified atom stereocenters. The normalized spacial score (nSPS) is 24.3. The van der Waals surface area contributed by atoms with Crippen LogP contribution in [0.2, 0.25) is 0 Å². The maximum Gasteiger partial charge on any atom is 0.138 e. The lowest BCUT2D eigenvalue weighted by molar-refractivity contribution is 0.00423. The molecule has 0 aromatic carbocycles. The Bertz CT molecular complexity index is 400. The van der Waals surface area contributed by atoms with Crippen LogP contribution in [-0.2, 0) is 13.0 Å². The van der Waals surface area contributed by atoms with Gasteiger partial charge in [0.25, 0.3) is 0 Å². The zero-order valence-electron chi connectivity index (χ0n) is 12.5. The van der Waals surface area contributed by atoms with Crippen molar-refractivity contribution in [3.63, 3.8) is 0 Å². The quantitative estimate of drug-likeness (QED) is 0.890. The Labute approximate surface area is 116 Å². The van der Waals surface area contributed by atoms with Crippen LogP contribution in [-0.4, -0.2) is 26.0 Å². The van der Waals surface area contributed by atoms with Crippen LogP contribution < -0.4 is 0 Å². The van der Waals surface area contributed by atoms with Crippen molar-refractivity contribution < 1.29 is 5.11 Å². The van der Waals surface area contributed by atoms with Gasteiger partial charge in [-0.25, -0.2) is 4.98 Å². The predicted molar refractivity (Wildman–Crippen MR) is 75.8 cm³/mol. The van der Waals surface area contributed by atoms with E-state index in [0.717, 1.165) is 25.2 Å². The first-order valence-corrected chi connectivity index (χ1v) is 7.59. The third-order valence-electron chi connectivity index (χ3n) is 4.58. The topological polar surface area (TPSA) is 50.9 Å². The maximum absolute atomic E-state index is 10.6. The molecule has 1 heterocycles. The Morgan fingerprint density at radius 2 is 2.26 bits per heavy atom. The van der Waals surface area contributed by atoms with E-state index in [4.69, 9.17) is 0 Å². The first kappa shape index (κ1) is 14.5. The molecule has 1 aliphatic rings. The number of aliphatic hydroxyl groups is 1. The van der Waals surface area contributed by atoms with Gasteiger partial charge in [0, 0.05) is 13.0 Å². The summed E-state index contributed by atoms with van der Waals surface area (Å²) in [6.07, 6.45) is 7.87. The number of hydrogen-bond acceptors (Lipinski definition) is 3. The molecule has 1 saturated carbocycles. The van der Waals surface area contributed by atoms with Gasteiger partial charge in [0.1, 0.15) is 12.2 Å². The summed E-state index contributed by atoms with van der Waals surface area (Å²) in [6.45, 7) is 7.59. The van der Waals surface area contributed by atoms with Gasteiger partial charge in [-0.3, -0.25) is 4.68 Å². The van der Waals surface area contributed by atoms with Crippen molar-refractivity contribution in [1.29, 1.82) is 0 Å². The Morgan fingerprint density at radius 3 is 2.95 bits per heavy atom. The predicted octanol–water partition coefficient (Wildman–Crippen LogP) is 2.81. The van der Waals surface area contributed by atoms with E-state index in [1.165, 1.54) is 19.3 Å². The fraction of sp³-hybridized carbons (Fsp3) is 0.867. The molecule has 4 heteroatoms. The van der Waals surface area contributed by atoms with Gasteiger partial charge in [-0.05, 0) is 30.6 Å². The highest BCUT2D eigenvalue weighted by Gasteiger charge is 2.37. The van der Waals surface area contributed by atoms with E-state index in [9.17, 15) is 5.11 Å². The van der Waals surface area contributed by atoms with E-state index in [1.807, 2.05) is 4.68 Å². The number of rotatable bonds is 5. The monoisotopic (exact) mass is 265 g/mol. The summed E-state index contributed by atoms with van der Waals surface area (Å²) < 4.78 is 1.93. The van der Waals surface area contributed by atoms with Crippen LogP contribution in [0.3, 0.4) is 0 Å². The van der Waals surface area contributed by atoms with Crippen LogP contribution >= 0.6 is 0 Å². The fourth-order valence-electron chi connectivity index (χ4n) is 3.41. The highest BCUT2D eigenvalue weighted by atomic mass is 16.3. The SMILES string of the molecule is CCCn1ncnc1CC(O)C1CCCCC1(C)C. The molecular weight excluding hydrogens is 238 g/mol. The van der Waals surface area contributed by atoms with Gasteiger partial charge in [0.2, 0.25) is 0 Å². The highest BCUT2D eigenvalue weighted by Crippen LogP contribution is 2.42. The lowest BCUT2D eigenvalue weighted by Gasteiger charge is -2.41. The largest absolute Gasteiger partial charge is 0.392 e. The summed E-state index contributed by atoms with van der Waals surface area (Å²) in [5.41, 5.74) is 0.243. The Hall–Kier alpha value is -0.900. The minimum Gasteiger partial charge on any atom is -0.392 e. The van der Waals surface area contributed by atoms with Crippen LogP contribution in [0.5, 0.6) is 0 Å². The van der Waals surface area contributed by atoms with Gasteiger partial charge in [-0.1, -0.05) is 33.6 Å². The molecule has 0 amide bonds. The van der Waals surface area contributed by atoms with Crippen LogP contribution in [0.1, 0.15) is 58.7 Å². The molecule has 2 rings (SSSR count). The first-order valence-electron chi connectivity index (χ1n) is 7.59. The van der Waals surface area contributed by atoms with Crippen LogP contribution in [0, 0.1) is 11.3 Å². The molecule has 1 aromatic rings. The molecule has 0 bridgehead atoms. The summed E-state index contributed by atoms with van der Waals surface area (Å²) >= 11 is 0. The molecular formula is C15H27N3O. The second-order valence-corrected chi connectivity index (χ2v) is 6.51. The van der Waals surface area contributed by atoms with Crippen molar-refractivity contribution in [1.82, 2.24) is 14.8 Å². The smallest absolute Gasteiger partial charge is 0.138 e. The van der Waals surface area contributed by atoms with Crippen LogP contribution in [0.4, 0.5) is 0 Å². The minimum atomic E-state index is -0.296. The lowest BCUT2D eigenvalue weighted by atomic mass is 9.66. The average molecular weight is 265 g/mol. The van der Waals surface area contributed by atoms with Crippen LogP contribution in [0.25, 0.3) is 0 Å². The number of aryl methyl sites for hydroxylation is 1. The number of nitrogens with zero attached hydrogens (tertiary/aromatic N) is 3. The van der Waals surface area contributed by atoms with E-state index in [2.05, 4.69) is 30.9 Å². The van der Waals surface area contributed by atoms with Gasteiger partial charge in [0.05, 0.1) is 6.10 Å². The van der Waals surface area contributed by atoms with Crippen LogP contribution in [0.15, 0.2) is 6.33 Å². The molecule has 0 saturated heterocycles. The molecule has 0 spiro atoms. The standard InChI is InChI=1S/C15H27N3O/c1-4-9-18-14(16-11-17-18)10-13(19)12-7-5-6-8-15(12,2)3/h11-13,19H,4-10H2,1-3H3. The van der Waals surface area contributed by atoms with Crippen molar-refractivity contribution in [3.05, 3.63) is 12.2 Å². The molecule has 1 fully saturated rings. The zero-order valence-corrected chi connectivity index (χ0v) is 12.5. The number of aromatic nitrogens is 3. The molecule has 0 aliphatic heterocycles. The highest BCUT2D eigenvalue weighted by molar-refractivity contribution is 4.94. The molecule has 1 aromatic heterocycles. The lowest BCUT2D eigenvalue weighted by Crippen LogP contribution is -2.38. The van der Waals surface area contributed by atoms with E-state index < -0.39 is 0 Å². The Balaban J connectivity index is 2.03. The fourth-order valence-corrected chi connectivity index (χ4v) is 3.41. The van der Waals surface area contributed by atoms with Gasteiger partial charge < -0.3 is 5.11 Å². The van der Waals surface area contributed by atoms with E-state index in [1.54, 1.807) is 6.33 Å². The summed E-state index contributed by atoms with van der Waals surface area (Å²) in [4.78, 5) is 4.31. The van der Waals surface area contributed by atoms with Crippen molar-refractivity contribution in [2.24, 2.45) is 11.3 Å². The molecule has 2 atom stereocenters. The Kier molecular flexibility index (Phi) is 4.61. The molecule has 1 aliphatic carbocycles. The second-order valence-electron chi connectivity index (χ2n) is 6.51. The minimum absolute atomic E-state index is 0.243. The summed E-state index contributed by atoms with van der Waals surface area (Å²) in [5, 5.41) is 14.8. The molecule has 4 nitrogen and oxygen atoms in total. The van der Waals surface area contributed by atoms with Gasteiger partial charge in [-0.15, -0.1) is 0 Å². The van der Waals surface area contributed by atoms with Crippen molar-refractivity contribution in [2.75, 3.05) is 0 Å². The van der Waals surface area contributed by atoms with E-state index in [0.29, 0.717) is 12.3 Å². The summed E-state index contributed by atoms with van der Waals surface area (Å²) in [7, 11) is 0. The summed E-state index contributed by atoms with van der Waals surface area (Å²) in [6, 6.07) is 0.